The molecule has 2 aromatic heterocycles. The molecule has 0 aliphatic heterocycles. The molecule has 2 aromatic carbocycles. The fraction of sp³-hybridized carbons (Fsp3) is 0.111. The van der Waals surface area contributed by atoms with E-state index in [1.165, 1.54) is 7.11 Å². The lowest BCUT2D eigenvalue weighted by molar-refractivity contribution is -0.139. The van der Waals surface area contributed by atoms with E-state index in [1.54, 1.807) is 16.6 Å². The lowest BCUT2D eigenvalue weighted by Gasteiger charge is -2.04. The van der Waals surface area contributed by atoms with Crippen LogP contribution < -0.4 is 5.32 Å². The van der Waals surface area contributed by atoms with Crippen molar-refractivity contribution in [2.24, 2.45) is 0 Å². The summed E-state index contributed by atoms with van der Waals surface area (Å²) in [5.41, 5.74) is 3.81. The van der Waals surface area contributed by atoms with Crippen LogP contribution in [0.15, 0.2) is 42.5 Å². The Morgan fingerprint density at radius 1 is 1.27 bits per heavy atom. The van der Waals surface area contributed by atoms with Gasteiger partial charge in [0.25, 0.3) is 5.78 Å². The molecule has 2 heterocycles. The summed E-state index contributed by atoms with van der Waals surface area (Å²) in [6.45, 7) is 0. The molecule has 128 valence electrons. The molecule has 0 fully saturated rings. The second-order valence-electron chi connectivity index (χ2n) is 5.71. The van der Waals surface area contributed by atoms with Crippen molar-refractivity contribution in [2.75, 3.05) is 12.4 Å². The van der Waals surface area contributed by atoms with E-state index in [4.69, 9.17) is 5.26 Å². The summed E-state index contributed by atoms with van der Waals surface area (Å²) >= 11 is 0. The molecule has 0 radical (unpaired) electrons. The largest absolute Gasteiger partial charge is 0.469 e. The van der Waals surface area contributed by atoms with Gasteiger partial charge in [-0.1, -0.05) is 12.1 Å². The number of hydrogen-bond donors (Lipinski definition) is 2. The zero-order valence-electron chi connectivity index (χ0n) is 13.9. The van der Waals surface area contributed by atoms with E-state index in [0.717, 1.165) is 16.8 Å². The Kier molecular flexibility index (Phi) is 3.74. The van der Waals surface area contributed by atoms with Crippen LogP contribution in [-0.2, 0) is 16.0 Å². The zero-order chi connectivity index (χ0) is 18.1. The molecule has 8 heteroatoms. The van der Waals surface area contributed by atoms with Crippen molar-refractivity contribution in [1.29, 1.82) is 5.26 Å². The van der Waals surface area contributed by atoms with Gasteiger partial charge >= 0.3 is 5.97 Å². The van der Waals surface area contributed by atoms with Crippen LogP contribution >= 0.6 is 0 Å². The number of benzene rings is 2. The number of nitriles is 1. The molecule has 26 heavy (non-hydrogen) atoms. The predicted octanol–water partition coefficient (Wildman–Crippen LogP) is 2.54. The number of aromatic amines is 1. The van der Waals surface area contributed by atoms with Crippen LogP contribution in [0.4, 0.5) is 11.6 Å². The Hall–Kier alpha value is -3.86. The maximum Gasteiger partial charge on any atom is 0.309 e. The molecule has 0 unspecified atom stereocenters. The highest BCUT2D eigenvalue weighted by Gasteiger charge is 2.10. The number of nitrogens with one attached hydrogen (secondary N) is 2. The molecular weight excluding hydrogens is 332 g/mol. The van der Waals surface area contributed by atoms with Crippen molar-refractivity contribution in [1.82, 2.24) is 19.6 Å². The molecule has 0 aliphatic rings. The van der Waals surface area contributed by atoms with Gasteiger partial charge in [0.2, 0.25) is 5.95 Å². The van der Waals surface area contributed by atoms with Crippen LogP contribution in [0.2, 0.25) is 0 Å². The normalized spacial score (nSPS) is 10.8. The molecule has 8 nitrogen and oxygen atoms in total. The molecule has 0 amide bonds. The summed E-state index contributed by atoms with van der Waals surface area (Å²) in [5.74, 6) is 0.781. The maximum atomic E-state index is 11.3. The van der Waals surface area contributed by atoms with Gasteiger partial charge in [0.05, 0.1) is 36.2 Å². The highest BCUT2D eigenvalue weighted by molar-refractivity contribution is 5.81. The minimum Gasteiger partial charge on any atom is -0.469 e. The molecule has 0 atom stereocenters. The molecule has 0 aliphatic carbocycles. The first kappa shape index (κ1) is 15.7. The standard InChI is InChI=1S/C18H14N6O2/c1-26-16(25)9-11-2-5-13(6-3-11)20-17-22-18-21-14-8-12(10-19)4-7-15(14)24(18)23-17/h2-8H,9H2,1H3,(H2,20,21,22,23). The van der Waals surface area contributed by atoms with Crippen molar-refractivity contribution in [3.8, 4) is 6.07 Å². The maximum absolute atomic E-state index is 11.3. The van der Waals surface area contributed by atoms with Crippen molar-refractivity contribution in [2.45, 2.75) is 6.42 Å². The molecule has 0 spiro atoms. The SMILES string of the molecule is COC(=O)Cc1ccc(Nc2nc3nc4cc(C#N)ccc4n3[nH]2)cc1. The van der Waals surface area contributed by atoms with E-state index in [2.05, 4.69) is 31.2 Å². The molecule has 2 N–H and O–H groups in total. The van der Waals surface area contributed by atoms with Crippen molar-refractivity contribution in [3.63, 3.8) is 0 Å². The number of rotatable bonds is 4. The van der Waals surface area contributed by atoms with Crippen LogP contribution in [0.1, 0.15) is 11.1 Å². The summed E-state index contributed by atoms with van der Waals surface area (Å²) in [6.07, 6.45) is 0.238. The van der Waals surface area contributed by atoms with Gasteiger partial charge in [0.1, 0.15) is 0 Å². The third-order valence-electron chi connectivity index (χ3n) is 3.99. The van der Waals surface area contributed by atoms with Gasteiger partial charge in [-0.3, -0.25) is 9.89 Å². The lowest BCUT2D eigenvalue weighted by atomic mass is 10.1. The van der Waals surface area contributed by atoms with E-state index >= 15 is 0 Å². The number of anilines is 2. The van der Waals surface area contributed by atoms with Crippen molar-refractivity contribution < 1.29 is 9.53 Å². The summed E-state index contributed by atoms with van der Waals surface area (Å²) in [7, 11) is 1.37. The van der Waals surface area contributed by atoms with Gasteiger partial charge < -0.3 is 10.1 Å². The minimum atomic E-state index is -0.274. The fourth-order valence-corrected chi connectivity index (χ4v) is 2.69. The summed E-state index contributed by atoms with van der Waals surface area (Å²) in [6, 6.07) is 14.8. The first-order chi connectivity index (χ1) is 12.7. The second kappa shape index (κ2) is 6.22. The monoisotopic (exact) mass is 346 g/mol. The molecule has 4 rings (SSSR count). The van der Waals surface area contributed by atoms with Gasteiger partial charge in [-0.25, -0.2) is 9.50 Å². The lowest BCUT2D eigenvalue weighted by Crippen LogP contribution is -2.04. The number of ether oxygens (including phenoxy) is 1. The van der Waals surface area contributed by atoms with Gasteiger partial charge in [0.15, 0.2) is 0 Å². The molecule has 0 bridgehead atoms. The number of carbonyl (C=O) groups is 1. The number of esters is 1. The number of nitrogens with zero attached hydrogens (tertiary/aromatic N) is 4. The first-order valence-electron chi connectivity index (χ1n) is 7.87. The van der Waals surface area contributed by atoms with Gasteiger partial charge in [-0.2, -0.15) is 10.2 Å². The fourth-order valence-electron chi connectivity index (χ4n) is 2.69. The quantitative estimate of drug-likeness (QED) is 0.550. The average molecular weight is 346 g/mol. The average Bonchev–Trinajstić information content (AvgIpc) is 3.19. The summed E-state index contributed by atoms with van der Waals surface area (Å²) in [5, 5.41) is 15.3. The van der Waals surface area contributed by atoms with Gasteiger partial charge in [-0.05, 0) is 35.9 Å². The summed E-state index contributed by atoms with van der Waals surface area (Å²) in [4.78, 5) is 20.1. The summed E-state index contributed by atoms with van der Waals surface area (Å²) < 4.78 is 6.41. The van der Waals surface area contributed by atoms with E-state index in [1.807, 2.05) is 30.3 Å². The number of imidazole rings is 1. The number of H-pyrrole nitrogens is 1. The predicted molar refractivity (Wildman–Crippen MR) is 95.0 cm³/mol. The molecule has 0 saturated heterocycles. The number of aromatic nitrogens is 4. The van der Waals surface area contributed by atoms with E-state index in [9.17, 15) is 4.79 Å². The smallest absolute Gasteiger partial charge is 0.309 e. The number of methoxy groups -OCH3 is 1. The van der Waals surface area contributed by atoms with Crippen LogP contribution in [0.25, 0.3) is 16.8 Å². The van der Waals surface area contributed by atoms with E-state index in [0.29, 0.717) is 22.8 Å². The zero-order valence-corrected chi connectivity index (χ0v) is 13.9. The van der Waals surface area contributed by atoms with E-state index < -0.39 is 0 Å². The van der Waals surface area contributed by atoms with Crippen LogP contribution in [0.3, 0.4) is 0 Å². The number of hydrogen-bond acceptors (Lipinski definition) is 6. The number of fused-ring (bicyclic) bond motifs is 3. The van der Waals surface area contributed by atoms with Gasteiger partial charge in [-0.15, -0.1) is 0 Å². The first-order valence-corrected chi connectivity index (χ1v) is 7.87. The Bertz CT molecular complexity index is 1150. The Balaban J connectivity index is 1.57. The van der Waals surface area contributed by atoms with Crippen molar-refractivity contribution >= 4 is 34.4 Å². The van der Waals surface area contributed by atoms with Crippen LogP contribution in [-0.4, -0.2) is 32.7 Å². The molecular formula is C18H14N6O2. The molecule has 0 saturated carbocycles. The Morgan fingerprint density at radius 2 is 2.08 bits per heavy atom. The second-order valence-corrected chi connectivity index (χ2v) is 5.71. The highest BCUT2D eigenvalue weighted by atomic mass is 16.5. The third kappa shape index (κ3) is 2.82. The highest BCUT2D eigenvalue weighted by Crippen LogP contribution is 2.20. The Labute approximate surface area is 148 Å². The van der Waals surface area contributed by atoms with Crippen LogP contribution in [0, 0.1) is 11.3 Å². The molecule has 4 aromatic rings. The van der Waals surface area contributed by atoms with Crippen molar-refractivity contribution in [3.05, 3.63) is 53.6 Å². The number of carbonyl (C=O) groups excluding carboxylic acids is 1. The minimum absolute atomic E-state index is 0.238. The Morgan fingerprint density at radius 3 is 2.81 bits per heavy atom. The third-order valence-corrected chi connectivity index (χ3v) is 3.99. The van der Waals surface area contributed by atoms with E-state index in [-0.39, 0.29) is 12.4 Å². The van der Waals surface area contributed by atoms with Crippen LogP contribution in [0.5, 0.6) is 0 Å². The topological polar surface area (TPSA) is 108 Å². The van der Waals surface area contributed by atoms with Gasteiger partial charge in [0, 0.05) is 5.69 Å².